The van der Waals surface area contributed by atoms with Gasteiger partial charge in [0.15, 0.2) is 0 Å². The number of nitrogens with zero attached hydrogens (tertiary/aromatic N) is 1. The van der Waals surface area contributed by atoms with Gasteiger partial charge in [-0.05, 0) is 54.8 Å². The van der Waals surface area contributed by atoms with E-state index < -0.39 is 15.9 Å². The predicted molar refractivity (Wildman–Crippen MR) is 139 cm³/mol. The Kier molecular flexibility index (Phi) is 8.74. The fourth-order valence-electron chi connectivity index (χ4n) is 3.41. The summed E-state index contributed by atoms with van der Waals surface area (Å²) >= 11 is 3.38. The lowest BCUT2D eigenvalue weighted by Crippen LogP contribution is -2.42. The topological polar surface area (TPSA) is 75.7 Å². The molecular weight excluding hydrogens is 516 g/mol. The van der Waals surface area contributed by atoms with Crippen LogP contribution in [-0.2, 0) is 14.8 Å². The van der Waals surface area contributed by atoms with Gasteiger partial charge in [-0.25, -0.2) is 8.42 Å². The molecule has 0 spiro atoms. The third-order valence-corrected chi connectivity index (χ3v) is 7.50. The van der Waals surface area contributed by atoms with Gasteiger partial charge >= 0.3 is 0 Å². The summed E-state index contributed by atoms with van der Waals surface area (Å²) in [7, 11) is -3.95. The molecule has 0 saturated heterocycles. The van der Waals surface area contributed by atoms with Crippen LogP contribution in [0.2, 0.25) is 0 Å². The van der Waals surface area contributed by atoms with Gasteiger partial charge in [0, 0.05) is 4.47 Å². The summed E-state index contributed by atoms with van der Waals surface area (Å²) in [6.45, 7) is 6.25. The minimum absolute atomic E-state index is 0.125. The van der Waals surface area contributed by atoms with Crippen LogP contribution in [-0.4, -0.2) is 34.0 Å². The van der Waals surface area contributed by atoms with E-state index in [1.54, 1.807) is 48.5 Å². The zero-order valence-corrected chi connectivity index (χ0v) is 21.9. The van der Waals surface area contributed by atoms with Crippen LogP contribution in [0.3, 0.4) is 0 Å². The SMILES string of the molecule is Cc1ccc(S(=O)(=O)N(CC(=O)NCCOc2ccccc2C(C)C)c2cccc(Br)c2)cc1. The molecule has 6 nitrogen and oxygen atoms in total. The second-order valence-electron chi connectivity index (χ2n) is 8.20. The molecule has 180 valence electrons. The summed E-state index contributed by atoms with van der Waals surface area (Å²) in [6.07, 6.45) is 0. The van der Waals surface area contributed by atoms with Gasteiger partial charge in [-0.2, -0.15) is 0 Å². The Labute approximate surface area is 210 Å². The molecule has 3 rings (SSSR count). The van der Waals surface area contributed by atoms with Gasteiger partial charge < -0.3 is 10.1 Å². The standard InChI is InChI=1S/C26H29BrN2O4S/c1-19(2)24-9-4-5-10-25(24)33-16-15-28-26(30)18-29(22-8-6-7-21(27)17-22)34(31,32)23-13-11-20(3)12-14-23/h4-14,17,19H,15-16,18H2,1-3H3,(H,28,30). The van der Waals surface area contributed by atoms with E-state index in [0.717, 1.165) is 21.2 Å². The molecule has 0 aromatic heterocycles. The highest BCUT2D eigenvalue weighted by atomic mass is 79.9. The molecule has 1 N–H and O–H groups in total. The van der Waals surface area contributed by atoms with E-state index in [4.69, 9.17) is 4.74 Å². The Morgan fingerprint density at radius 3 is 2.41 bits per heavy atom. The van der Waals surface area contributed by atoms with E-state index in [2.05, 4.69) is 35.1 Å². The lowest BCUT2D eigenvalue weighted by atomic mass is 10.0. The first-order valence-corrected chi connectivity index (χ1v) is 13.2. The van der Waals surface area contributed by atoms with Crippen LogP contribution in [0.1, 0.15) is 30.9 Å². The Morgan fingerprint density at radius 2 is 1.74 bits per heavy atom. The van der Waals surface area contributed by atoms with Crippen LogP contribution in [0, 0.1) is 6.92 Å². The monoisotopic (exact) mass is 544 g/mol. The van der Waals surface area contributed by atoms with Gasteiger partial charge in [-0.3, -0.25) is 9.10 Å². The molecule has 0 bridgehead atoms. The van der Waals surface area contributed by atoms with Crippen molar-refractivity contribution in [3.8, 4) is 5.75 Å². The van der Waals surface area contributed by atoms with Gasteiger partial charge in [0.25, 0.3) is 10.0 Å². The third-order valence-electron chi connectivity index (χ3n) is 5.22. The third kappa shape index (κ3) is 6.61. The normalized spacial score (nSPS) is 11.3. The molecule has 3 aromatic carbocycles. The van der Waals surface area contributed by atoms with Crippen molar-refractivity contribution in [2.75, 3.05) is 24.0 Å². The average molecular weight is 545 g/mol. The van der Waals surface area contributed by atoms with Crippen molar-refractivity contribution in [1.82, 2.24) is 5.32 Å². The van der Waals surface area contributed by atoms with E-state index in [0.29, 0.717) is 16.1 Å². The summed E-state index contributed by atoms with van der Waals surface area (Å²) in [6, 6.07) is 21.2. The number of sulfonamides is 1. The number of halogens is 1. The Morgan fingerprint density at radius 1 is 1.03 bits per heavy atom. The molecule has 34 heavy (non-hydrogen) atoms. The molecule has 0 aliphatic carbocycles. The second kappa shape index (κ2) is 11.5. The molecular formula is C26H29BrN2O4S. The predicted octanol–water partition coefficient (Wildman–Crippen LogP) is 5.27. The smallest absolute Gasteiger partial charge is 0.264 e. The van der Waals surface area contributed by atoms with Crippen LogP contribution in [0.5, 0.6) is 5.75 Å². The van der Waals surface area contributed by atoms with Gasteiger partial charge in [-0.15, -0.1) is 0 Å². The van der Waals surface area contributed by atoms with E-state index in [1.165, 1.54) is 0 Å². The minimum atomic E-state index is -3.95. The highest BCUT2D eigenvalue weighted by molar-refractivity contribution is 9.10. The van der Waals surface area contributed by atoms with Crippen LogP contribution in [0.4, 0.5) is 5.69 Å². The maximum absolute atomic E-state index is 13.4. The van der Waals surface area contributed by atoms with Gasteiger partial charge in [0.1, 0.15) is 18.9 Å². The number of ether oxygens (including phenoxy) is 1. The van der Waals surface area contributed by atoms with E-state index in [9.17, 15) is 13.2 Å². The molecule has 0 fully saturated rings. The number of carbonyl (C=O) groups is 1. The molecule has 0 atom stereocenters. The number of carbonyl (C=O) groups excluding carboxylic acids is 1. The van der Waals surface area contributed by atoms with Crippen molar-refractivity contribution in [2.24, 2.45) is 0 Å². The van der Waals surface area contributed by atoms with Crippen molar-refractivity contribution < 1.29 is 17.9 Å². The van der Waals surface area contributed by atoms with E-state index in [-0.39, 0.29) is 24.6 Å². The second-order valence-corrected chi connectivity index (χ2v) is 11.0. The number of anilines is 1. The molecule has 0 unspecified atom stereocenters. The highest BCUT2D eigenvalue weighted by Gasteiger charge is 2.27. The van der Waals surface area contributed by atoms with Gasteiger partial charge in [-0.1, -0.05) is 71.7 Å². The molecule has 8 heteroatoms. The summed E-state index contributed by atoms with van der Waals surface area (Å²) in [5.41, 5.74) is 2.44. The van der Waals surface area contributed by atoms with Crippen LogP contribution in [0.15, 0.2) is 82.2 Å². The average Bonchev–Trinajstić information content (AvgIpc) is 2.80. The van der Waals surface area contributed by atoms with Gasteiger partial charge in [0.05, 0.1) is 17.1 Å². The lowest BCUT2D eigenvalue weighted by molar-refractivity contribution is -0.119. The van der Waals surface area contributed by atoms with Crippen molar-refractivity contribution in [2.45, 2.75) is 31.6 Å². The molecule has 0 aliphatic rings. The van der Waals surface area contributed by atoms with Crippen molar-refractivity contribution >= 4 is 37.5 Å². The minimum Gasteiger partial charge on any atom is -0.491 e. The fraction of sp³-hybridized carbons (Fsp3) is 0.269. The summed E-state index contributed by atoms with van der Waals surface area (Å²) in [5.74, 6) is 0.678. The largest absolute Gasteiger partial charge is 0.491 e. The first-order chi connectivity index (χ1) is 16.2. The van der Waals surface area contributed by atoms with Gasteiger partial charge in [0.2, 0.25) is 5.91 Å². The number of nitrogens with one attached hydrogen (secondary N) is 1. The number of hydrogen-bond donors (Lipinski definition) is 1. The molecule has 0 aliphatic heterocycles. The number of benzene rings is 3. The molecule has 0 heterocycles. The number of aryl methyl sites for hydroxylation is 1. The first kappa shape index (κ1) is 25.8. The number of para-hydroxylation sites is 1. The van der Waals surface area contributed by atoms with Crippen LogP contribution >= 0.6 is 15.9 Å². The highest BCUT2D eigenvalue weighted by Crippen LogP contribution is 2.27. The fourth-order valence-corrected chi connectivity index (χ4v) is 5.21. The Hall–Kier alpha value is -2.84. The quantitative estimate of drug-likeness (QED) is 0.352. The zero-order chi connectivity index (χ0) is 24.7. The van der Waals surface area contributed by atoms with Crippen LogP contribution in [0.25, 0.3) is 0 Å². The maximum Gasteiger partial charge on any atom is 0.264 e. The zero-order valence-electron chi connectivity index (χ0n) is 19.5. The van der Waals surface area contributed by atoms with Crippen LogP contribution < -0.4 is 14.4 Å². The lowest BCUT2D eigenvalue weighted by Gasteiger charge is -2.24. The molecule has 0 saturated carbocycles. The first-order valence-electron chi connectivity index (χ1n) is 11.0. The molecule has 3 aromatic rings. The van der Waals surface area contributed by atoms with Crippen molar-refractivity contribution in [1.29, 1.82) is 0 Å². The number of hydrogen-bond acceptors (Lipinski definition) is 4. The maximum atomic E-state index is 13.4. The molecule has 0 radical (unpaired) electrons. The van der Waals surface area contributed by atoms with E-state index in [1.807, 2.05) is 31.2 Å². The number of amides is 1. The summed E-state index contributed by atoms with van der Waals surface area (Å²) in [5, 5.41) is 2.77. The van der Waals surface area contributed by atoms with Crippen molar-refractivity contribution in [3.05, 3.63) is 88.4 Å². The Bertz CT molecular complexity index is 1230. The van der Waals surface area contributed by atoms with Crippen molar-refractivity contribution in [3.63, 3.8) is 0 Å². The van der Waals surface area contributed by atoms with E-state index >= 15 is 0 Å². The Balaban J connectivity index is 1.70. The molecule has 1 amide bonds. The number of rotatable bonds is 10. The summed E-state index contributed by atoms with van der Waals surface area (Å²) < 4.78 is 34.5. The summed E-state index contributed by atoms with van der Waals surface area (Å²) in [4.78, 5) is 12.9.